The molecule has 1 aliphatic rings. The lowest BCUT2D eigenvalue weighted by Gasteiger charge is -2.16. The summed E-state index contributed by atoms with van der Waals surface area (Å²) in [6, 6.07) is 18.2. The van der Waals surface area contributed by atoms with E-state index in [2.05, 4.69) is 22.8 Å². The molecule has 0 saturated heterocycles. The molecule has 3 aromatic rings. The Hall–Kier alpha value is -3.28. The Bertz CT molecular complexity index is 956. The Morgan fingerprint density at radius 1 is 0.897 bits per heavy atom. The van der Waals surface area contributed by atoms with Gasteiger partial charge in [0.2, 0.25) is 5.95 Å². The average Bonchev–Trinajstić information content (AvgIpc) is 3.27. The van der Waals surface area contributed by atoms with Crippen LogP contribution in [0.2, 0.25) is 0 Å². The van der Waals surface area contributed by atoms with Crippen LogP contribution >= 0.6 is 0 Å². The molecule has 0 spiro atoms. The van der Waals surface area contributed by atoms with Crippen molar-refractivity contribution in [1.82, 2.24) is 9.97 Å². The molecule has 1 heterocycles. The van der Waals surface area contributed by atoms with Crippen LogP contribution < -0.4 is 20.1 Å². The first-order valence-electron chi connectivity index (χ1n) is 9.95. The molecular weight excluding hydrogens is 364 g/mol. The predicted molar refractivity (Wildman–Crippen MR) is 116 cm³/mol. The van der Waals surface area contributed by atoms with Crippen LogP contribution in [-0.2, 0) is 0 Å². The lowest BCUT2D eigenvalue weighted by molar-refractivity contribution is 0.405. The summed E-state index contributed by atoms with van der Waals surface area (Å²) in [6.07, 6.45) is 4.88. The topological polar surface area (TPSA) is 68.3 Å². The monoisotopic (exact) mass is 390 g/mol. The second-order valence-corrected chi connectivity index (χ2v) is 7.14. The van der Waals surface area contributed by atoms with Gasteiger partial charge in [0.05, 0.1) is 25.6 Å². The summed E-state index contributed by atoms with van der Waals surface area (Å²) < 4.78 is 10.8. The van der Waals surface area contributed by atoms with Crippen molar-refractivity contribution < 1.29 is 9.47 Å². The lowest BCUT2D eigenvalue weighted by Crippen LogP contribution is -2.16. The third kappa shape index (κ3) is 4.59. The van der Waals surface area contributed by atoms with Crippen LogP contribution in [0.25, 0.3) is 11.3 Å². The smallest absolute Gasteiger partial charge is 0.229 e. The number of nitrogens with zero attached hydrogens (tertiary/aromatic N) is 2. The molecule has 1 aliphatic carbocycles. The highest BCUT2D eigenvalue weighted by Crippen LogP contribution is 2.32. The Balaban J connectivity index is 1.70. The van der Waals surface area contributed by atoms with E-state index in [0.717, 1.165) is 28.5 Å². The van der Waals surface area contributed by atoms with Gasteiger partial charge in [-0.1, -0.05) is 43.2 Å². The fourth-order valence-electron chi connectivity index (χ4n) is 3.65. The van der Waals surface area contributed by atoms with E-state index in [-0.39, 0.29) is 0 Å². The van der Waals surface area contributed by atoms with Crippen LogP contribution in [0, 0.1) is 0 Å². The van der Waals surface area contributed by atoms with Gasteiger partial charge in [-0.25, -0.2) is 4.98 Å². The number of ether oxygens (including phenoxy) is 2. The first-order valence-corrected chi connectivity index (χ1v) is 9.95. The van der Waals surface area contributed by atoms with E-state index in [1.165, 1.54) is 25.7 Å². The van der Waals surface area contributed by atoms with Gasteiger partial charge in [-0.05, 0) is 25.0 Å². The van der Waals surface area contributed by atoms with Crippen molar-refractivity contribution in [3.8, 4) is 22.8 Å². The Kier molecular flexibility index (Phi) is 5.79. The largest absolute Gasteiger partial charge is 0.497 e. The molecule has 150 valence electrons. The van der Waals surface area contributed by atoms with Crippen molar-refractivity contribution in [2.45, 2.75) is 31.7 Å². The lowest BCUT2D eigenvalue weighted by atomic mass is 10.1. The SMILES string of the molecule is COc1ccc(OC)c(Nc2nc(NC3CCCC3)cc(-c3ccccc3)n2)c1. The second-order valence-electron chi connectivity index (χ2n) is 7.14. The Morgan fingerprint density at radius 2 is 1.69 bits per heavy atom. The summed E-state index contributed by atoms with van der Waals surface area (Å²) in [5.41, 5.74) is 2.67. The third-order valence-corrected chi connectivity index (χ3v) is 5.16. The first kappa shape index (κ1) is 19.1. The quantitative estimate of drug-likeness (QED) is 0.574. The van der Waals surface area contributed by atoms with E-state index in [9.17, 15) is 0 Å². The van der Waals surface area contributed by atoms with Crippen molar-refractivity contribution in [3.63, 3.8) is 0 Å². The standard InChI is InChI=1S/C23H26N4O2/c1-28-18-12-13-21(29-2)20(14-18)26-23-25-19(16-8-4-3-5-9-16)15-22(27-23)24-17-10-6-7-11-17/h3-5,8-9,12-15,17H,6-7,10-11H2,1-2H3,(H2,24,25,26,27). The van der Waals surface area contributed by atoms with Gasteiger partial charge in [0, 0.05) is 23.7 Å². The van der Waals surface area contributed by atoms with Gasteiger partial charge in [0.1, 0.15) is 17.3 Å². The maximum absolute atomic E-state index is 5.48. The minimum absolute atomic E-state index is 0.465. The molecule has 29 heavy (non-hydrogen) atoms. The molecule has 0 radical (unpaired) electrons. The fourth-order valence-corrected chi connectivity index (χ4v) is 3.65. The Labute approximate surface area is 171 Å². The number of anilines is 3. The van der Waals surface area contributed by atoms with Crippen molar-refractivity contribution in [2.24, 2.45) is 0 Å². The molecule has 6 nitrogen and oxygen atoms in total. The van der Waals surface area contributed by atoms with Crippen molar-refractivity contribution >= 4 is 17.5 Å². The second kappa shape index (κ2) is 8.82. The summed E-state index contributed by atoms with van der Waals surface area (Å²) in [4.78, 5) is 9.46. The van der Waals surface area contributed by atoms with E-state index in [4.69, 9.17) is 19.4 Å². The number of hydrogen-bond acceptors (Lipinski definition) is 6. The number of benzene rings is 2. The average molecular weight is 390 g/mol. The summed E-state index contributed by atoms with van der Waals surface area (Å²) >= 11 is 0. The van der Waals surface area contributed by atoms with E-state index in [1.54, 1.807) is 14.2 Å². The molecule has 1 aromatic heterocycles. The van der Waals surface area contributed by atoms with E-state index in [1.807, 2.05) is 42.5 Å². The summed E-state index contributed by atoms with van der Waals surface area (Å²) in [6.45, 7) is 0. The number of hydrogen-bond donors (Lipinski definition) is 2. The third-order valence-electron chi connectivity index (χ3n) is 5.16. The molecule has 0 bridgehead atoms. The normalized spacial score (nSPS) is 13.9. The number of aromatic nitrogens is 2. The molecule has 2 N–H and O–H groups in total. The van der Waals surface area contributed by atoms with Crippen LogP contribution in [0.4, 0.5) is 17.5 Å². The number of methoxy groups -OCH3 is 2. The molecule has 0 atom stereocenters. The predicted octanol–water partition coefficient (Wildman–Crippen LogP) is 5.26. The van der Waals surface area contributed by atoms with Crippen molar-refractivity contribution in [2.75, 3.05) is 24.9 Å². The summed E-state index contributed by atoms with van der Waals surface area (Å²) in [5, 5.41) is 6.89. The van der Waals surface area contributed by atoms with Crippen molar-refractivity contribution in [3.05, 3.63) is 54.6 Å². The highest BCUT2D eigenvalue weighted by Gasteiger charge is 2.17. The van der Waals surface area contributed by atoms with E-state index >= 15 is 0 Å². The zero-order chi connectivity index (χ0) is 20.1. The summed E-state index contributed by atoms with van der Waals surface area (Å²) in [7, 11) is 3.28. The highest BCUT2D eigenvalue weighted by atomic mass is 16.5. The zero-order valence-corrected chi connectivity index (χ0v) is 16.8. The molecule has 0 amide bonds. The molecule has 6 heteroatoms. The van der Waals surface area contributed by atoms with Crippen molar-refractivity contribution in [1.29, 1.82) is 0 Å². The molecule has 4 rings (SSSR count). The van der Waals surface area contributed by atoms with Crippen LogP contribution in [-0.4, -0.2) is 30.2 Å². The molecule has 1 saturated carbocycles. The number of nitrogens with one attached hydrogen (secondary N) is 2. The van der Waals surface area contributed by atoms with Crippen LogP contribution in [0.15, 0.2) is 54.6 Å². The fraction of sp³-hybridized carbons (Fsp3) is 0.304. The van der Waals surface area contributed by atoms with Crippen LogP contribution in [0.5, 0.6) is 11.5 Å². The van der Waals surface area contributed by atoms with Gasteiger partial charge in [-0.3, -0.25) is 0 Å². The molecular formula is C23H26N4O2. The maximum atomic E-state index is 5.48. The maximum Gasteiger partial charge on any atom is 0.229 e. The van der Waals surface area contributed by atoms with E-state index < -0.39 is 0 Å². The van der Waals surface area contributed by atoms with Gasteiger partial charge in [0.25, 0.3) is 0 Å². The molecule has 0 aliphatic heterocycles. The first-order chi connectivity index (χ1) is 14.2. The van der Waals surface area contributed by atoms with Crippen LogP contribution in [0.1, 0.15) is 25.7 Å². The molecule has 0 unspecified atom stereocenters. The van der Waals surface area contributed by atoms with Crippen LogP contribution in [0.3, 0.4) is 0 Å². The van der Waals surface area contributed by atoms with Gasteiger partial charge in [0.15, 0.2) is 0 Å². The Morgan fingerprint density at radius 3 is 2.41 bits per heavy atom. The minimum Gasteiger partial charge on any atom is -0.497 e. The summed E-state index contributed by atoms with van der Waals surface area (Å²) in [5.74, 6) is 2.77. The van der Waals surface area contributed by atoms with Gasteiger partial charge in [-0.2, -0.15) is 4.98 Å². The van der Waals surface area contributed by atoms with Gasteiger partial charge < -0.3 is 20.1 Å². The molecule has 1 fully saturated rings. The van der Waals surface area contributed by atoms with Gasteiger partial charge >= 0.3 is 0 Å². The highest BCUT2D eigenvalue weighted by molar-refractivity contribution is 5.69. The van der Waals surface area contributed by atoms with E-state index in [0.29, 0.717) is 17.7 Å². The zero-order valence-electron chi connectivity index (χ0n) is 16.8. The number of rotatable bonds is 7. The molecule has 2 aromatic carbocycles. The minimum atomic E-state index is 0.465. The van der Waals surface area contributed by atoms with Gasteiger partial charge in [-0.15, -0.1) is 0 Å².